The number of hydrogen-bond acceptors (Lipinski definition) is 3. The van der Waals surface area contributed by atoms with Gasteiger partial charge < -0.3 is 5.32 Å². The van der Waals surface area contributed by atoms with Gasteiger partial charge in [-0.25, -0.2) is 9.97 Å². The van der Waals surface area contributed by atoms with Crippen molar-refractivity contribution in [1.29, 1.82) is 0 Å². The molecule has 104 valence electrons. The van der Waals surface area contributed by atoms with E-state index in [4.69, 9.17) is 0 Å². The van der Waals surface area contributed by atoms with Crippen molar-refractivity contribution in [2.24, 2.45) is 0 Å². The van der Waals surface area contributed by atoms with E-state index in [0.717, 1.165) is 18.8 Å². The first-order chi connectivity index (χ1) is 9.86. The molecule has 0 saturated heterocycles. The molecule has 3 rings (SSSR count). The van der Waals surface area contributed by atoms with Gasteiger partial charge in [0, 0.05) is 12.4 Å². The summed E-state index contributed by atoms with van der Waals surface area (Å²) in [5, 5.41) is 3.49. The van der Waals surface area contributed by atoms with Crippen LogP contribution in [-0.2, 0) is 19.3 Å². The van der Waals surface area contributed by atoms with Crippen LogP contribution < -0.4 is 5.32 Å². The van der Waals surface area contributed by atoms with Gasteiger partial charge in [-0.05, 0) is 55.0 Å². The quantitative estimate of drug-likeness (QED) is 0.905. The maximum absolute atomic E-state index is 4.39. The van der Waals surface area contributed by atoms with Crippen LogP contribution >= 0.6 is 0 Å². The average Bonchev–Trinajstić information content (AvgIpc) is 2.95. The predicted molar refractivity (Wildman–Crippen MR) is 80.6 cm³/mol. The lowest BCUT2D eigenvalue weighted by Gasteiger charge is -2.17. The van der Waals surface area contributed by atoms with Crippen molar-refractivity contribution in [3.05, 3.63) is 59.2 Å². The highest BCUT2D eigenvalue weighted by atomic mass is 15.0. The van der Waals surface area contributed by atoms with Gasteiger partial charge in [-0.2, -0.15) is 0 Å². The molecule has 1 atom stereocenters. The number of nitrogens with zero attached hydrogens (tertiary/aromatic N) is 2. The first-order valence-corrected chi connectivity index (χ1v) is 7.48. The predicted octanol–water partition coefficient (Wildman–Crippen LogP) is 2.86. The summed E-state index contributed by atoms with van der Waals surface area (Å²) in [5.74, 6) is 0.884. The second-order valence-corrected chi connectivity index (χ2v) is 5.38. The van der Waals surface area contributed by atoms with Gasteiger partial charge >= 0.3 is 0 Å². The highest BCUT2D eigenvalue weighted by Crippen LogP contribution is 2.24. The first-order valence-electron chi connectivity index (χ1n) is 7.48. The highest BCUT2D eigenvalue weighted by molar-refractivity contribution is 5.35. The summed E-state index contributed by atoms with van der Waals surface area (Å²) in [6.07, 6.45) is 8.36. The number of aryl methyl sites for hydroxylation is 2. The Morgan fingerprint density at radius 2 is 1.95 bits per heavy atom. The Bertz CT molecular complexity index is 566. The Labute approximate surface area is 120 Å². The Hall–Kier alpha value is -1.74. The minimum absolute atomic E-state index is 0.195. The smallest absolute Gasteiger partial charge is 0.145 e. The number of fused-ring (bicyclic) bond motifs is 1. The van der Waals surface area contributed by atoms with Crippen LogP contribution in [0.1, 0.15) is 41.9 Å². The van der Waals surface area contributed by atoms with Crippen molar-refractivity contribution in [3.8, 4) is 0 Å². The van der Waals surface area contributed by atoms with E-state index in [1.165, 1.54) is 36.0 Å². The summed E-state index contributed by atoms with van der Waals surface area (Å²) < 4.78 is 0. The summed E-state index contributed by atoms with van der Waals surface area (Å²) >= 11 is 0. The molecule has 1 aliphatic carbocycles. The van der Waals surface area contributed by atoms with Crippen molar-refractivity contribution in [2.75, 3.05) is 6.54 Å². The van der Waals surface area contributed by atoms with E-state index in [1.807, 2.05) is 18.5 Å². The summed E-state index contributed by atoms with van der Waals surface area (Å²) in [5.41, 5.74) is 4.44. The number of hydrogen-bond donors (Lipinski definition) is 1. The number of likely N-dealkylation sites (N-methyl/N-ethyl adjacent to an activating group) is 1. The van der Waals surface area contributed by atoms with Crippen LogP contribution in [0.25, 0.3) is 0 Å². The second kappa shape index (κ2) is 6.14. The van der Waals surface area contributed by atoms with E-state index in [0.29, 0.717) is 0 Å². The van der Waals surface area contributed by atoms with Crippen molar-refractivity contribution < 1.29 is 0 Å². The lowest BCUT2D eigenvalue weighted by Crippen LogP contribution is -2.24. The SMILES string of the molecule is CCNC(Cc1ccc2c(c1)CCC2)c1ncccn1. The summed E-state index contributed by atoms with van der Waals surface area (Å²) in [4.78, 5) is 8.79. The zero-order valence-electron chi connectivity index (χ0n) is 12.0. The van der Waals surface area contributed by atoms with Crippen LogP contribution in [0.4, 0.5) is 0 Å². The van der Waals surface area contributed by atoms with Crippen molar-refractivity contribution >= 4 is 0 Å². The molecule has 1 aromatic heterocycles. The molecule has 3 nitrogen and oxygen atoms in total. The molecular formula is C17H21N3. The Balaban J connectivity index is 1.80. The van der Waals surface area contributed by atoms with E-state index >= 15 is 0 Å². The van der Waals surface area contributed by atoms with Crippen LogP contribution in [0.5, 0.6) is 0 Å². The maximum Gasteiger partial charge on any atom is 0.145 e. The highest BCUT2D eigenvalue weighted by Gasteiger charge is 2.16. The standard InChI is InChI=1S/C17H21N3/c1-2-18-16(17-19-9-4-10-20-17)12-13-7-8-14-5-3-6-15(14)11-13/h4,7-11,16,18H,2-3,5-6,12H2,1H3. The van der Waals surface area contributed by atoms with Gasteiger partial charge in [0.2, 0.25) is 0 Å². The van der Waals surface area contributed by atoms with Gasteiger partial charge in [0.05, 0.1) is 6.04 Å². The Morgan fingerprint density at radius 3 is 2.75 bits per heavy atom. The number of benzene rings is 1. The fraction of sp³-hybridized carbons (Fsp3) is 0.412. The summed E-state index contributed by atoms with van der Waals surface area (Å²) in [7, 11) is 0. The second-order valence-electron chi connectivity index (χ2n) is 5.38. The fourth-order valence-corrected chi connectivity index (χ4v) is 2.98. The van der Waals surface area contributed by atoms with Gasteiger partial charge in [0.15, 0.2) is 0 Å². The van der Waals surface area contributed by atoms with E-state index in [2.05, 4.69) is 40.4 Å². The molecule has 0 bridgehead atoms. The molecule has 3 heteroatoms. The largest absolute Gasteiger partial charge is 0.307 e. The van der Waals surface area contributed by atoms with Crippen LogP contribution in [0.15, 0.2) is 36.7 Å². The van der Waals surface area contributed by atoms with E-state index in [-0.39, 0.29) is 6.04 Å². The van der Waals surface area contributed by atoms with Crippen LogP contribution in [0, 0.1) is 0 Å². The molecular weight excluding hydrogens is 246 g/mol. The third-order valence-electron chi connectivity index (χ3n) is 3.95. The monoisotopic (exact) mass is 267 g/mol. The molecule has 20 heavy (non-hydrogen) atoms. The molecule has 2 aromatic rings. The maximum atomic E-state index is 4.39. The molecule has 1 aliphatic rings. The molecule has 0 fully saturated rings. The van der Waals surface area contributed by atoms with Crippen molar-refractivity contribution in [1.82, 2.24) is 15.3 Å². The van der Waals surface area contributed by atoms with E-state index in [9.17, 15) is 0 Å². The summed E-state index contributed by atoms with van der Waals surface area (Å²) in [6, 6.07) is 8.99. The van der Waals surface area contributed by atoms with Gasteiger partial charge in [0.25, 0.3) is 0 Å². The molecule has 0 aliphatic heterocycles. The third-order valence-corrected chi connectivity index (χ3v) is 3.95. The zero-order valence-corrected chi connectivity index (χ0v) is 12.0. The first kappa shape index (κ1) is 13.3. The van der Waals surface area contributed by atoms with Crippen LogP contribution in [-0.4, -0.2) is 16.5 Å². The van der Waals surface area contributed by atoms with Gasteiger partial charge in [0.1, 0.15) is 5.82 Å². The Morgan fingerprint density at radius 1 is 1.15 bits per heavy atom. The van der Waals surface area contributed by atoms with Gasteiger partial charge in [-0.3, -0.25) is 0 Å². The molecule has 0 amide bonds. The van der Waals surface area contributed by atoms with Gasteiger partial charge in [-0.15, -0.1) is 0 Å². The molecule has 1 aromatic carbocycles. The molecule has 0 radical (unpaired) electrons. The summed E-state index contributed by atoms with van der Waals surface area (Å²) in [6.45, 7) is 3.05. The molecule has 0 spiro atoms. The molecule has 1 heterocycles. The minimum atomic E-state index is 0.195. The average molecular weight is 267 g/mol. The number of rotatable bonds is 5. The zero-order chi connectivity index (χ0) is 13.8. The van der Waals surface area contributed by atoms with Crippen molar-refractivity contribution in [2.45, 2.75) is 38.6 Å². The minimum Gasteiger partial charge on any atom is -0.307 e. The number of aromatic nitrogens is 2. The van der Waals surface area contributed by atoms with Crippen molar-refractivity contribution in [3.63, 3.8) is 0 Å². The Kier molecular flexibility index (Phi) is 4.07. The lowest BCUT2D eigenvalue weighted by atomic mass is 10.0. The molecule has 1 N–H and O–H groups in total. The lowest BCUT2D eigenvalue weighted by molar-refractivity contribution is 0.521. The van der Waals surface area contributed by atoms with Crippen LogP contribution in [0.3, 0.4) is 0 Å². The van der Waals surface area contributed by atoms with E-state index < -0.39 is 0 Å². The van der Waals surface area contributed by atoms with Crippen LogP contribution in [0.2, 0.25) is 0 Å². The van der Waals surface area contributed by atoms with Gasteiger partial charge in [-0.1, -0.05) is 25.1 Å². The third kappa shape index (κ3) is 2.88. The topological polar surface area (TPSA) is 37.8 Å². The molecule has 0 saturated carbocycles. The molecule has 1 unspecified atom stereocenters. The fourth-order valence-electron chi connectivity index (χ4n) is 2.98. The normalized spacial score (nSPS) is 15.1. The van der Waals surface area contributed by atoms with E-state index in [1.54, 1.807) is 0 Å². The number of nitrogens with one attached hydrogen (secondary N) is 1.